The van der Waals surface area contributed by atoms with Gasteiger partial charge in [0.1, 0.15) is 5.69 Å². The van der Waals surface area contributed by atoms with Crippen LogP contribution in [0.25, 0.3) is 11.0 Å². The van der Waals surface area contributed by atoms with Crippen LogP contribution in [-0.4, -0.2) is 39.0 Å². The van der Waals surface area contributed by atoms with Crippen LogP contribution in [-0.2, 0) is 6.18 Å². The lowest BCUT2D eigenvalue weighted by Gasteiger charge is -2.30. The molecule has 3 aromatic rings. The number of carbonyl (C=O) groups is 1. The van der Waals surface area contributed by atoms with Crippen molar-refractivity contribution in [2.75, 3.05) is 13.1 Å². The van der Waals surface area contributed by atoms with Crippen molar-refractivity contribution in [3.63, 3.8) is 0 Å². The molecule has 0 unspecified atom stereocenters. The van der Waals surface area contributed by atoms with E-state index in [1.165, 1.54) is 25.3 Å². The molecular weight excluding hydrogens is 421 g/mol. The van der Waals surface area contributed by atoms with Gasteiger partial charge < -0.3 is 14.4 Å². The van der Waals surface area contributed by atoms with Crippen LogP contribution in [0.2, 0.25) is 0 Å². The number of fused-ring (bicyclic) bond motifs is 1. The van der Waals surface area contributed by atoms with Crippen molar-refractivity contribution in [3.05, 3.63) is 47.1 Å². The van der Waals surface area contributed by atoms with E-state index in [1.54, 1.807) is 17.0 Å². The van der Waals surface area contributed by atoms with Gasteiger partial charge in [-0.25, -0.2) is 4.98 Å². The molecule has 2 aliphatic rings. The lowest BCUT2D eigenvalue weighted by atomic mass is 9.87. The minimum absolute atomic E-state index is 0.134. The molecule has 9 heteroatoms. The molecule has 5 rings (SSSR count). The molecule has 1 amide bonds. The van der Waals surface area contributed by atoms with Gasteiger partial charge in [-0.05, 0) is 43.9 Å². The van der Waals surface area contributed by atoms with Crippen LogP contribution < -0.4 is 0 Å². The third-order valence-electron chi connectivity index (χ3n) is 6.77. The zero-order chi connectivity index (χ0) is 22.3. The summed E-state index contributed by atoms with van der Waals surface area (Å²) in [5.41, 5.74) is 1.74. The third-order valence-corrected chi connectivity index (χ3v) is 6.77. The number of nitrogens with zero attached hydrogens (tertiary/aromatic N) is 3. The number of carbonyl (C=O) groups excluding carboxylic acids is 1. The minimum Gasteiger partial charge on any atom is -0.357 e. The molecule has 3 aromatic heterocycles. The van der Waals surface area contributed by atoms with E-state index in [2.05, 4.69) is 15.1 Å². The summed E-state index contributed by atoms with van der Waals surface area (Å²) in [5, 5.41) is 4.15. The number of nitrogens with one attached hydrogen (secondary N) is 1. The first-order valence-corrected chi connectivity index (χ1v) is 11.2. The number of aromatic amines is 1. The Morgan fingerprint density at radius 3 is 2.50 bits per heavy atom. The predicted octanol–water partition coefficient (Wildman–Crippen LogP) is 5.64. The molecule has 170 valence electrons. The standard InChI is InChI=1S/C23H25F3N4O2/c24-23(25,26)21-7-6-16-19(28-21)12-17(27-16)15-8-10-30(11-9-15)22(31)20-13-18(29-32-20)14-4-2-1-3-5-14/h6-7,12-15,27H,1-5,8-11H2. The molecule has 0 radical (unpaired) electrons. The molecule has 4 heterocycles. The number of piperidine rings is 1. The summed E-state index contributed by atoms with van der Waals surface area (Å²) in [7, 11) is 0. The maximum Gasteiger partial charge on any atom is 0.433 e. The minimum atomic E-state index is -4.46. The average Bonchev–Trinajstić information content (AvgIpc) is 3.46. The molecule has 0 aromatic carbocycles. The van der Waals surface area contributed by atoms with E-state index in [0.29, 0.717) is 48.6 Å². The Labute approximate surface area is 183 Å². The molecule has 0 atom stereocenters. The third kappa shape index (κ3) is 4.12. The maximum atomic E-state index is 12.9. The summed E-state index contributed by atoms with van der Waals surface area (Å²) in [6.45, 7) is 1.11. The van der Waals surface area contributed by atoms with Gasteiger partial charge in [-0.15, -0.1) is 0 Å². The van der Waals surface area contributed by atoms with Crippen molar-refractivity contribution in [1.29, 1.82) is 0 Å². The topological polar surface area (TPSA) is 75.0 Å². The molecule has 1 saturated carbocycles. The molecule has 6 nitrogen and oxygen atoms in total. The Morgan fingerprint density at radius 1 is 1.03 bits per heavy atom. The van der Waals surface area contributed by atoms with Crippen LogP contribution in [0, 0.1) is 0 Å². The summed E-state index contributed by atoms with van der Waals surface area (Å²) < 4.78 is 44.1. The Morgan fingerprint density at radius 2 is 1.78 bits per heavy atom. The lowest BCUT2D eigenvalue weighted by Crippen LogP contribution is -2.37. The summed E-state index contributed by atoms with van der Waals surface area (Å²) in [5.74, 6) is 0.660. The fraction of sp³-hybridized carbons (Fsp3) is 0.522. The van der Waals surface area contributed by atoms with Gasteiger partial charge in [0, 0.05) is 36.7 Å². The van der Waals surface area contributed by atoms with E-state index >= 15 is 0 Å². The Balaban J connectivity index is 1.23. The molecule has 0 bridgehead atoms. The number of hydrogen-bond acceptors (Lipinski definition) is 4. The Bertz CT molecular complexity index is 1110. The van der Waals surface area contributed by atoms with Crippen molar-refractivity contribution in [2.45, 2.75) is 63.0 Å². The highest BCUT2D eigenvalue weighted by Crippen LogP contribution is 2.34. The zero-order valence-corrected chi connectivity index (χ0v) is 17.6. The summed E-state index contributed by atoms with van der Waals surface area (Å²) >= 11 is 0. The van der Waals surface area contributed by atoms with Gasteiger partial charge in [0.05, 0.1) is 16.7 Å². The number of alkyl halides is 3. The first kappa shape index (κ1) is 21.0. The van der Waals surface area contributed by atoms with Crippen molar-refractivity contribution < 1.29 is 22.5 Å². The molecule has 0 spiro atoms. The Hall–Kier alpha value is -2.84. The molecule has 1 aliphatic carbocycles. The molecule has 1 aliphatic heterocycles. The smallest absolute Gasteiger partial charge is 0.357 e. The van der Waals surface area contributed by atoms with Crippen molar-refractivity contribution in [1.82, 2.24) is 20.0 Å². The van der Waals surface area contributed by atoms with E-state index < -0.39 is 11.9 Å². The van der Waals surface area contributed by atoms with Crippen LogP contribution in [0.5, 0.6) is 0 Å². The first-order valence-electron chi connectivity index (χ1n) is 11.2. The second kappa shape index (κ2) is 8.26. The van der Waals surface area contributed by atoms with Crippen molar-refractivity contribution >= 4 is 16.9 Å². The van der Waals surface area contributed by atoms with Gasteiger partial charge in [0.15, 0.2) is 0 Å². The molecule has 1 N–H and O–H groups in total. The highest BCUT2D eigenvalue weighted by Gasteiger charge is 2.33. The molecule has 32 heavy (non-hydrogen) atoms. The number of pyridine rings is 1. The lowest BCUT2D eigenvalue weighted by molar-refractivity contribution is -0.140. The average molecular weight is 446 g/mol. The van der Waals surface area contributed by atoms with Gasteiger partial charge in [-0.3, -0.25) is 4.79 Å². The molecule has 1 saturated heterocycles. The van der Waals surface area contributed by atoms with Crippen LogP contribution >= 0.6 is 0 Å². The Kier molecular flexibility index (Phi) is 5.43. The quantitative estimate of drug-likeness (QED) is 0.565. The number of hydrogen-bond donors (Lipinski definition) is 1. The largest absolute Gasteiger partial charge is 0.433 e. The number of halogens is 3. The van der Waals surface area contributed by atoms with Crippen molar-refractivity contribution in [2.24, 2.45) is 0 Å². The van der Waals surface area contributed by atoms with E-state index in [9.17, 15) is 18.0 Å². The molecular formula is C23H25F3N4O2. The zero-order valence-electron chi connectivity index (χ0n) is 17.6. The van der Waals surface area contributed by atoms with Gasteiger partial charge in [0.2, 0.25) is 5.76 Å². The van der Waals surface area contributed by atoms with Crippen molar-refractivity contribution in [3.8, 4) is 0 Å². The van der Waals surface area contributed by atoms with Crippen LogP contribution in [0.1, 0.15) is 84.4 Å². The highest BCUT2D eigenvalue weighted by atomic mass is 19.4. The van der Waals surface area contributed by atoms with Gasteiger partial charge in [-0.2, -0.15) is 13.2 Å². The summed E-state index contributed by atoms with van der Waals surface area (Å²) in [6.07, 6.45) is 2.79. The predicted molar refractivity (Wildman–Crippen MR) is 111 cm³/mol. The maximum absolute atomic E-state index is 12.9. The monoisotopic (exact) mass is 446 g/mol. The van der Waals surface area contributed by atoms with E-state index in [4.69, 9.17) is 4.52 Å². The summed E-state index contributed by atoms with van der Waals surface area (Å²) in [6, 6.07) is 5.90. The fourth-order valence-corrected chi connectivity index (χ4v) is 4.94. The van der Waals surface area contributed by atoms with E-state index in [0.717, 1.165) is 30.3 Å². The number of rotatable bonds is 3. The number of aromatic nitrogens is 3. The van der Waals surface area contributed by atoms with Crippen LogP contribution in [0.3, 0.4) is 0 Å². The van der Waals surface area contributed by atoms with E-state index in [-0.39, 0.29) is 11.8 Å². The number of likely N-dealkylation sites (tertiary alicyclic amines) is 1. The summed E-state index contributed by atoms with van der Waals surface area (Å²) in [4.78, 5) is 21.6. The highest BCUT2D eigenvalue weighted by molar-refractivity contribution is 5.91. The first-order chi connectivity index (χ1) is 15.4. The van der Waals surface area contributed by atoms with Crippen LogP contribution in [0.15, 0.2) is 28.8 Å². The number of amides is 1. The second-order valence-corrected chi connectivity index (χ2v) is 8.87. The van der Waals surface area contributed by atoms with Gasteiger partial charge in [-0.1, -0.05) is 24.4 Å². The normalized spacial score (nSPS) is 19.0. The SMILES string of the molecule is O=C(c1cc(C2CCCCC2)no1)N1CCC(c2cc3nc(C(F)(F)F)ccc3[nH]2)CC1. The second-order valence-electron chi connectivity index (χ2n) is 8.87. The fourth-order valence-electron chi connectivity index (χ4n) is 4.94. The van der Waals surface area contributed by atoms with Crippen LogP contribution in [0.4, 0.5) is 13.2 Å². The molecule has 2 fully saturated rings. The van der Waals surface area contributed by atoms with E-state index in [1.807, 2.05) is 0 Å². The van der Waals surface area contributed by atoms with Gasteiger partial charge >= 0.3 is 6.18 Å². The van der Waals surface area contributed by atoms with Gasteiger partial charge in [0.25, 0.3) is 5.91 Å². The number of H-pyrrole nitrogens is 1.